The predicted molar refractivity (Wildman–Crippen MR) is 90.3 cm³/mol. The first kappa shape index (κ1) is 15.3. The van der Waals surface area contributed by atoms with Gasteiger partial charge in [-0.1, -0.05) is 48.9 Å². The Kier molecular flexibility index (Phi) is 5.12. The lowest BCUT2D eigenvalue weighted by Crippen LogP contribution is -1.98. The molecule has 1 heterocycles. The Bertz CT molecular complexity index is 699. The first-order chi connectivity index (χ1) is 10.3. The number of aryl methyl sites for hydroxylation is 2. The zero-order valence-electron chi connectivity index (χ0n) is 13.0. The minimum atomic E-state index is 0.965. The molecule has 3 aromatic rings. The highest BCUT2D eigenvalue weighted by atomic mass is 15.3. The second kappa shape index (κ2) is 7.04. The van der Waals surface area contributed by atoms with Gasteiger partial charge in [0.1, 0.15) is 5.69 Å². The Morgan fingerprint density at radius 1 is 1.05 bits per heavy atom. The van der Waals surface area contributed by atoms with E-state index in [1.54, 1.807) is 0 Å². The van der Waals surface area contributed by atoms with Crippen LogP contribution < -0.4 is 5.73 Å². The van der Waals surface area contributed by atoms with Crippen LogP contribution in [0.2, 0.25) is 0 Å². The predicted octanol–water partition coefficient (Wildman–Crippen LogP) is 4.00. The van der Waals surface area contributed by atoms with E-state index >= 15 is 0 Å². The van der Waals surface area contributed by atoms with Crippen LogP contribution >= 0.6 is 0 Å². The summed E-state index contributed by atoms with van der Waals surface area (Å²) >= 11 is 0. The van der Waals surface area contributed by atoms with Gasteiger partial charge in [0.2, 0.25) is 0 Å². The normalized spacial score (nSPS) is 10.3. The van der Waals surface area contributed by atoms with Crippen molar-refractivity contribution < 1.29 is 0 Å². The van der Waals surface area contributed by atoms with Crippen molar-refractivity contribution in [3.63, 3.8) is 0 Å². The Balaban J connectivity index is 0.000000774. The number of fused-ring (bicyclic) bond motifs is 1. The Morgan fingerprint density at radius 2 is 1.76 bits per heavy atom. The van der Waals surface area contributed by atoms with E-state index < -0.39 is 0 Å². The van der Waals surface area contributed by atoms with Crippen LogP contribution in [0.3, 0.4) is 0 Å². The molecule has 0 aliphatic rings. The van der Waals surface area contributed by atoms with Gasteiger partial charge >= 0.3 is 0 Å². The van der Waals surface area contributed by atoms with E-state index in [1.807, 2.05) is 6.07 Å². The number of hydrogen-bond acceptors (Lipinski definition) is 2. The topological polar surface area (TPSA) is 43.8 Å². The molecular formula is C18H23N3. The van der Waals surface area contributed by atoms with Gasteiger partial charge < -0.3 is 5.73 Å². The molecule has 21 heavy (non-hydrogen) atoms. The summed E-state index contributed by atoms with van der Waals surface area (Å²) in [6, 6.07) is 17.0. The largest absolute Gasteiger partial charge is 0.333 e. The fourth-order valence-electron chi connectivity index (χ4n) is 2.48. The van der Waals surface area contributed by atoms with Gasteiger partial charge in [-0.2, -0.15) is 5.10 Å². The highest BCUT2D eigenvalue weighted by Gasteiger charge is 2.11. The molecule has 0 atom stereocenters. The molecule has 0 unspecified atom stereocenters. The van der Waals surface area contributed by atoms with Crippen molar-refractivity contribution >= 4 is 10.9 Å². The molecule has 0 saturated carbocycles. The maximum atomic E-state index is 4.81. The molecule has 2 aromatic carbocycles. The van der Waals surface area contributed by atoms with E-state index in [-0.39, 0.29) is 0 Å². The average molecular weight is 281 g/mol. The zero-order chi connectivity index (χ0) is 15.2. The van der Waals surface area contributed by atoms with E-state index in [1.165, 1.54) is 29.1 Å². The summed E-state index contributed by atoms with van der Waals surface area (Å²) in [6.07, 6.45) is 1.10. The van der Waals surface area contributed by atoms with Crippen LogP contribution in [0.1, 0.15) is 18.9 Å². The zero-order valence-corrected chi connectivity index (χ0v) is 13.0. The van der Waals surface area contributed by atoms with Gasteiger partial charge in [-0.05, 0) is 32.5 Å². The fourth-order valence-corrected chi connectivity index (χ4v) is 2.48. The van der Waals surface area contributed by atoms with Gasteiger partial charge in [0.05, 0.1) is 5.52 Å². The second-order valence-corrected chi connectivity index (χ2v) is 4.96. The SMILES string of the molecule is CCCn1nc(-c2ccccc2)c2cc(C)ccc21.CN. The molecule has 0 saturated heterocycles. The van der Waals surface area contributed by atoms with Crippen LogP contribution in [0.15, 0.2) is 48.5 Å². The van der Waals surface area contributed by atoms with Gasteiger partial charge in [-0.25, -0.2) is 0 Å². The highest BCUT2D eigenvalue weighted by molar-refractivity contribution is 5.93. The Morgan fingerprint density at radius 3 is 2.43 bits per heavy atom. The third-order valence-corrected chi connectivity index (χ3v) is 3.39. The minimum Gasteiger partial charge on any atom is -0.333 e. The fraction of sp³-hybridized carbons (Fsp3) is 0.278. The summed E-state index contributed by atoms with van der Waals surface area (Å²) in [4.78, 5) is 0. The number of nitrogens with two attached hydrogens (primary N) is 1. The summed E-state index contributed by atoms with van der Waals surface area (Å²) in [5.41, 5.74) is 9.28. The average Bonchev–Trinajstić information content (AvgIpc) is 2.88. The third kappa shape index (κ3) is 3.14. The maximum absolute atomic E-state index is 4.81. The molecule has 0 bridgehead atoms. The number of benzene rings is 2. The molecule has 2 N–H and O–H groups in total. The van der Waals surface area contributed by atoms with Crippen molar-refractivity contribution in [2.45, 2.75) is 26.8 Å². The molecule has 1 aromatic heterocycles. The summed E-state index contributed by atoms with van der Waals surface area (Å²) in [7, 11) is 1.50. The van der Waals surface area contributed by atoms with Gasteiger partial charge in [0, 0.05) is 17.5 Å². The summed E-state index contributed by atoms with van der Waals surface area (Å²) < 4.78 is 2.12. The van der Waals surface area contributed by atoms with Crippen LogP contribution in [0.4, 0.5) is 0 Å². The highest BCUT2D eigenvalue weighted by Crippen LogP contribution is 2.28. The van der Waals surface area contributed by atoms with Crippen molar-refractivity contribution in [1.29, 1.82) is 0 Å². The first-order valence-electron chi connectivity index (χ1n) is 7.40. The lowest BCUT2D eigenvalue weighted by atomic mass is 10.1. The van der Waals surface area contributed by atoms with Crippen molar-refractivity contribution in [2.75, 3.05) is 7.05 Å². The Hall–Kier alpha value is -2.13. The monoisotopic (exact) mass is 281 g/mol. The van der Waals surface area contributed by atoms with Crippen LogP contribution in [-0.4, -0.2) is 16.8 Å². The van der Waals surface area contributed by atoms with Gasteiger partial charge in [0.15, 0.2) is 0 Å². The van der Waals surface area contributed by atoms with E-state index in [9.17, 15) is 0 Å². The summed E-state index contributed by atoms with van der Waals surface area (Å²) in [5, 5.41) is 6.06. The molecule has 0 aliphatic carbocycles. The number of aromatic nitrogens is 2. The molecule has 0 amide bonds. The van der Waals surface area contributed by atoms with Gasteiger partial charge in [-0.15, -0.1) is 0 Å². The smallest absolute Gasteiger partial charge is 0.100 e. The quantitative estimate of drug-likeness (QED) is 0.788. The van der Waals surface area contributed by atoms with Crippen molar-refractivity contribution in [1.82, 2.24) is 9.78 Å². The summed E-state index contributed by atoms with van der Waals surface area (Å²) in [6.45, 7) is 5.28. The summed E-state index contributed by atoms with van der Waals surface area (Å²) in [5.74, 6) is 0. The van der Waals surface area contributed by atoms with Gasteiger partial charge in [-0.3, -0.25) is 4.68 Å². The molecule has 0 spiro atoms. The van der Waals surface area contributed by atoms with Crippen molar-refractivity contribution in [2.24, 2.45) is 5.73 Å². The molecule has 0 radical (unpaired) electrons. The van der Waals surface area contributed by atoms with Crippen LogP contribution in [-0.2, 0) is 6.54 Å². The third-order valence-electron chi connectivity index (χ3n) is 3.39. The molecular weight excluding hydrogens is 258 g/mol. The lowest BCUT2D eigenvalue weighted by Gasteiger charge is -2.00. The lowest BCUT2D eigenvalue weighted by molar-refractivity contribution is 0.624. The van der Waals surface area contributed by atoms with Crippen molar-refractivity contribution in [3.05, 3.63) is 54.1 Å². The van der Waals surface area contributed by atoms with Crippen molar-refractivity contribution in [3.8, 4) is 11.3 Å². The first-order valence-corrected chi connectivity index (χ1v) is 7.40. The van der Waals surface area contributed by atoms with Crippen LogP contribution in [0.5, 0.6) is 0 Å². The molecule has 3 heteroatoms. The standard InChI is InChI=1S/C17H18N2.CH5N/c1-3-11-19-16-10-9-13(2)12-15(16)17(18-19)14-7-5-4-6-8-14;1-2/h4-10,12H,3,11H2,1-2H3;2H2,1H3. The molecule has 3 rings (SSSR count). The van der Waals surface area contributed by atoms with E-state index in [0.29, 0.717) is 0 Å². The van der Waals surface area contributed by atoms with Gasteiger partial charge in [0.25, 0.3) is 0 Å². The van der Waals surface area contributed by atoms with E-state index in [2.05, 4.69) is 66.7 Å². The molecule has 110 valence electrons. The molecule has 0 aliphatic heterocycles. The van der Waals surface area contributed by atoms with E-state index in [4.69, 9.17) is 5.10 Å². The maximum Gasteiger partial charge on any atom is 0.100 e. The molecule has 0 fully saturated rings. The van der Waals surface area contributed by atoms with Crippen LogP contribution in [0, 0.1) is 6.92 Å². The van der Waals surface area contributed by atoms with Crippen LogP contribution in [0.25, 0.3) is 22.2 Å². The minimum absolute atomic E-state index is 0.965. The second-order valence-electron chi connectivity index (χ2n) is 4.96. The number of rotatable bonds is 3. The molecule has 3 nitrogen and oxygen atoms in total. The number of nitrogens with zero attached hydrogens (tertiary/aromatic N) is 2. The van der Waals surface area contributed by atoms with E-state index in [0.717, 1.165) is 18.7 Å². The Labute approximate surface area is 126 Å². The number of hydrogen-bond donors (Lipinski definition) is 1.